The maximum absolute atomic E-state index is 2.33. The molecule has 0 aromatic heterocycles. The molecule has 110 valence electrons. The summed E-state index contributed by atoms with van der Waals surface area (Å²) in [5, 5.41) is 2.29. The van der Waals surface area contributed by atoms with Crippen LogP contribution in [0.25, 0.3) is 6.08 Å². The first kappa shape index (κ1) is 14.9. The Kier molecular flexibility index (Phi) is 4.97. The van der Waals surface area contributed by atoms with Gasteiger partial charge in [0.05, 0.1) is 0 Å². The molecule has 0 radical (unpaired) electrons. The first-order valence-corrected chi connectivity index (χ1v) is 8.87. The van der Waals surface area contributed by atoms with Crippen LogP contribution in [0.15, 0.2) is 95.5 Å². The van der Waals surface area contributed by atoms with Gasteiger partial charge in [0, 0.05) is 11.8 Å². The molecule has 0 bridgehead atoms. The lowest BCUT2D eigenvalue weighted by atomic mass is 9.85. The van der Waals surface area contributed by atoms with Crippen molar-refractivity contribution >= 4 is 17.8 Å². The molecule has 0 unspecified atom stereocenters. The van der Waals surface area contributed by atoms with Crippen molar-refractivity contribution in [2.24, 2.45) is 11.8 Å². The second kappa shape index (κ2) is 7.33. The number of benzene rings is 1. The summed E-state index contributed by atoms with van der Waals surface area (Å²) >= 11 is 1.78. The van der Waals surface area contributed by atoms with E-state index >= 15 is 0 Å². The Hall–Kier alpha value is -1.99. The summed E-state index contributed by atoms with van der Waals surface area (Å²) in [6, 6.07) is 10.6. The Morgan fingerprint density at radius 3 is 1.91 bits per heavy atom. The summed E-state index contributed by atoms with van der Waals surface area (Å²) in [5.41, 5.74) is 4.03. The van der Waals surface area contributed by atoms with E-state index < -0.39 is 0 Å². The largest absolute Gasteiger partial charge is 0.137 e. The summed E-state index contributed by atoms with van der Waals surface area (Å²) in [5.74, 6) is 0.741. The van der Waals surface area contributed by atoms with Crippen LogP contribution < -0.4 is 0 Å². The van der Waals surface area contributed by atoms with E-state index in [-0.39, 0.29) is 0 Å². The van der Waals surface area contributed by atoms with Gasteiger partial charge in [-0.25, -0.2) is 0 Å². The van der Waals surface area contributed by atoms with Crippen molar-refractivity contribution in [3.63, 3.8) is 0 Å². The molecule has 0 spiro atoms. The van der Waals surface area contributed by atoms with Gasteiger partial charge in [-0.3, -0.25) is 0 Å². The summed E-state index contributed by atoms with van der Waals surface area (Å²) in [6.45, 7) is 0. The summed E-state index contributed by atoms with van der Waals surface area (Å²) < 4.78 is 0. The number of allylic oxidation sites excluding steroid dienone is 10. The van der Waals surface area contributed by atoms with E-state index in [1.54, 1.807) is 11.8 Å². The zero-order valence-electron chi connectivity index (χ0n) is 12.7. The van der Waals surface area contributed by atoms with Crippen molar-refractivity contribution < 1.29 is 0 Å². The maximum atomic E-state index is 2.33. The minimum Gasteiger partial charge on any atom is -0.137 e. The molecule has 22 heavy (non-hydrogen) atoms. The molecule has 1 aromatic rings. The van der Waals surface area contributed by atoms with Gasteiger partial charge < -0.3 is 0 Å². The normalized spacial score (nSPS) is 18.8. The van der Waals surface area contributed by atoms with Gasteiger partial charge in [-0.2, -0.15) is 0 Å². The molecular weight excluding hydrogens is 284 g/mol. The molecule has 1 heteroatoms. The summed E-state index contributed by atoms with van der Waals surface area (Å²) in [6.07, 6.45) is 22.1. The number of hydrogen-bond acceptors (Lipinski definition) is 1. The fraction of sp³-hybridized carbons (Fsp3) is 0.143. The van der Waals surface area contributed by atoms with Gasteiger partial charge in [-0.05, 0) is 28.4 Å². The molecule has 0 aliphatic heterocycles. The first-order chi connectivity index (χ1) is 10.9. The van der Waals surface area contributed by atoms with E-state index in [2.05, 4.69) is 96.7 Å². The molecule has 0 saturated carbocycles. The number of hydrogen-bond donors (Lipinski definition) is 0. The fourth-order valence-corrected chi connectivity index (χ4v) is 3.39. The Labute approximate surface area is 137 Å². The molecular formula is C21H20S. The second-order valence-corrected chi connectivity index (χ2v) is 6.12. The average molecular weight is 304 g/mol. The lowest BCUT2D eigenvalue weighted by molar-refractivity contribution is 0.913. The monoisotopic (exact) mass is 304 g/mol. The standard InChI is InChI=1S/C21H20S/c1-22-16-21(19-13-7-8-14-19)20(18-11-5-6-12-18)15-17-9-3-2-4-10-17/h2-16,18-19H,1H3/b20-15-,21-16+. The quantitative estimate of drug-likeness (QED) is 0.619. The minimum absolute atomic E-state index is 0.362. The molecule has 0 nitrogen and oxygen atoms in total. The first-order valence-electron chi connectivity index (χ1n) is 7.58. The molecule has 1 aromatic carbocycles. The third kappa shape index (κ3) is 3.42. The average Bonchev–Trinajstić information content (AvgIpc) is 3.24. The highest BCUT2D eigenvalue weighted by molar-refractivity contribution is 8.01. The maximum Gasteiger partial charge on any atom is 0.0213 e. The Morgan fingerprint density at radius 2 is 1.36 bits per heavy atom. The lowest BCUT2D eigenvalue weighted by Gasteiger charge is -2.20. The van der Waals surface area contributed by atoms with Gasteiger partial charge in [-0.15, -0.1) is 11.8 Å². The van der Waals surface area contributed by atoms with E-state index in [0.29, 0.717) is 11.8 Å². The zero-order chi connectivity index (χ0) is 15.2. The van der Waals surface area contributed by atoms with Crippen LogP contribution >= 0.6 is 11.8 Å². The van der Waals surface area contributed by atoms with Crippen LogP contribution in [0, 0.1) is 11.8 Å². The molecule has 0 atom stereocenters. The molecule has 2 aliphatic carbocycles. The molecule has 2 aliphatic rings. The minimum atomic E-state index is 0.362. The summed E-state index contributed by atoms with van der Waals surface area (Å²) in [4.78, 5) is 0. The zero-order valence-corrected chi connectivity index (χ0v) is 13.5. The van der Waals surface area contributed by atoms with Crippen LogP contribution in [0.3, 0.4) is 0 Å². The predicted octanol–water partition coefficient (Wildman–Crippen LogP) is 5.80. The Bertz CT molecular complexity index is 660. The van der Waals surface area contributed by atoms with Crippen molar-refractivity contribution in [1.82, 2.24) is 0 Å². The van der Waals surface area contributed by atoms with Crippen LogP contribution in [-0.4, -0.2) is 6.26 Å². The van der Waals surface area contributed by atoms with Gasteiger partial charge >= 0.3 is 0 Å². The Morgan fingerprint density at radius 1 is 0.818 bits per heavy atom. The number of rotatable bonds is 5. The van der Waals surface area contributed by atoms with Crippen LogP contribution in [0.4, 0.5) is 0 Å². The SMILES string of the molecule is CS/C=C(/C(=C\c1ccccc1)C1C=CC=C1)C1C=CC=C1. The van der Waals surface area contributed by atoms with Crippen LogP contribution in [0.1, 0.15) is 5.56 Å². The molecule has 0 N–H and O–H groups in total. The van der Waals surface area contributed by atoms with E-state index in [1.165, 1.54) is 16.7 Å². The van der Waals surface area contributed by atoms with Crippen LogP contribution in [-0.2, 0) is 0 Å². The van der Waals surface area contributed by atoms with E-state index in [0.717, 1.165) is 0 Å². The van der Waals surface area contributed by atoms with Crippen LogP contribution in [0.2, 0.25) is 0 Å². The predicted molar refractivity (Wildman–Crippen MR) is 99.6 cm³/mol. The van der Waals surface area contributed by atoms with Crippen molar-refractivity contribution in [3.05, 3.63) is 101 Å². The fourth-order valence-electron chi connectivity index (χ4n) is 2.85. The molecule has 3 rings (SSSR count). The van der Waals surface area contributed by atoms with Gasteiger partial charge in [0.2, 0.25) is 0 Å². The molecule has 0 amide bonds. The van der Waals surface area contributed by atoms with E-state index in [1.807, 2.05) is 0 Å². The smallest absolute Gasteiger partial charge is 0.0213 e. The van der Waals surface area contributed by atoms with Gasteiger partial charge in [0.1, 0.15) is 0 Å². The highest BCUT2D eigenvalue weighted by Crippen LogP contribution is 2.35. The van der Waals surface area contributed by atoms with Crippen molar-refractivity contribution in [2.75, 3.05) is 6.26 Å². The third-order valence-electron chi connectivity index (χ3n) is 3.91. The van der Waals surface area contributed by atoms with Gasteiger partial charge in [0.15, 0.2) is 0 Å². The molecule has 0 fully saturated rings. The molecule has 0 saturated heterocycles. The van der Waals surface area contributed by atoms with Crippen molar-refractivity contribution in [1.29, 1.82) is 0 Å². The van der Waals surface area contributed by atoms with E-state index in [9.17, 15) is 0 Å². The second-order valence-electron chi connectivity index (χ2n) is 5.41. The lowest BCUT2D eigenvalue weighted by Crippen LogP contribution is -2.06. The molecule has 0 heterocycles. The van der Waals surface area contributed by atoms with Crippen molar-refractivity contribution in [2.45, 2.75) is 0 Å². The van der Waals surface area contributed by atoms with Gasteiger partial charge in [-0.1, -0.05) is 85.0 Å². The van der Waals surface area contributed by atoms with E-state index in [4.69, 9.17) is 0 Å². The Balaban J connectivity index is 2.03. The summed E-state index contributed by atoms with van der Waals surface area (Å²) in [7, 11) is 0. The highest BCUT2D eigenvalue weighted by Gasteiger charge is 2.20. The van der Waals surface area contributed by atoms with Crippen LogP contribution in [0.5, 0.6) is 0 Å². The third-order valence-corrected chi connectivity index (χ3v) is 4.40. The van der Waals surface area contributed by atoms with Gasteiger partial charge in [0.25, 0.3) is 0 Å². The number of thioether (sulfide) groups is 1. The highest BCUT2D eigenvalue weighted by atomic mass is 32.2. The van der Waals surface area contributed by atoms with Crippen molar-refractivity contribution in [3.8, 4) is 0 Å². The topological polar surface area (TPSA) is 0 Å².